The van der Waals surface area contributed by atoms with E-state index in [0.29, 0.717) is 0 Å². The van der Waals surface area contributed by atoms with Crippen molar-refractivity contribution in [3.63, 3.8) is 0 Å². The van der Waals surface area contributed by atoms with Gasteiger partial charge in [0.1, 0.15) is 6.04 Å². The molecule has 108 valence electrons. The molecule has 0 spiro atoms. The normalized spacial score (nSPS) is 12.1. The lowest BCUT2D eigenvalue weighted by Gasteiger charge is -2.15. The van der Waals surface area contributed by atoms with Gasteiger partial charge in [-0.1, -0.05) is 48.5 Å². The molecule has 0 fully saturated rings. The predicted molar refractivity (Wildman–Crippen MR) is 86.4 cm³/mol. The van der Waals surface area contributed by atoms with E-state index in [1.807, 2.05) is 61.5 Å². The van der Waals surface area contributed by atoms with Gasteiger partial charge < -0.3 is 5.32 Å². The molecule has 0 aliphatic rings. The standard InChI is InChI=1S/C17H19N3O/c1-13-8-6-7-11-16(13)19-14(2)17(21)20-18-12-15-9-4-3-5-10-15/h3-12,14,19H,1-2H3,(H,20,21)/b18-12-/t14-/m0/s1. The number of carbonyl (C=O) groups excluding carboxylic acids is 1. The Labute approximate surface area is 124 Å². The molecule has 0 bridgehead atoms. The third-order valence-corrected chi connectivity index (χ3v) is 3.10. The van der Waals surface area contributed by atoms with Crippen LogP contribution in [0.25, 0.3) is 0 Å². The van der Waals surface area contributed by atoms with Crippen molar-refractivity contribution in [3.05, 3.63) is 65.7 Å². The first-order valence-electron chi connectivity index (χ1n) is 6.87. The maximum atomic E-state index is 12.0. The minimum Gasteiger partial charge on any atom is -0.374 e. The fraction of sp³-hybridized carbons (Fsp3) is 0.176. The molecular formula is C17H19N3O. The molecule has 0 radical (unpaired) electrons. The monoisotopic (exact) mass is 281 g/mol. The largest absolute Gasteiger partial charge is 0.374 e. The van der Waals surface area contributed by atoms with Crippen molar-refractivity contribution in [2.45, 2.75) is 19.9 Å². The minimum absolute atomic E-state index is 0.176. The number of anilines is 1. The Balaban J connectivity index is 1.88. The van der Waals surface area contributed by atoms with Gasteiger partial charge in [-0.3, -0.25) is 4.79 Å². The van der Waals surface area contributed by atoms with Crippen molar-refractivity contribution >= 4 is 17.8 Å². The van der Waals surface area contributed by atoms with Gasteiger partial charge in [0.25, 0.3) is 5.91 Å². The van der Waals surface area contributed by atoms with Gasteiger partial charge in [-0.25, -0.2) is 5.43 Å². The molecule has 2 N–H and O–H groups in total. The molecule has 21 heavy (non-hydrogen) atoms. The molecule has 4 heteroatoms. The molecule has 0 aromatic heterocycles. The molecule has 0 saturated heterocycles. The van der Waals surface area contributed by atoms with E-state index in [-0.39, 0.29) is 11.9 Å². The number of hydrazone groups is 1. The Kier molecular flexibility index (Phi) is 5.10. The summed E-state index contributed by atoms with van der Waals surface area (Å²) in [6.07, 6.45) is 1.62. The van der Waals surface area contributed by atoms with Crippen LogP contribution in [0.1, 0.15) is 18.1 Å². The second kappa shape index (κ2) is 7.24. The molecular weight excluding hydrogens is 262 g/mol. The summed E-state index contributed by atoms with van der Waals surface area (Å²) in [5.41, 5.74) is 5.53. The molecule has 0 aliphatic carbocycles. The van der Waals surface area contributed by atoms with Crippen molar-refractivity contribution in [2.24, 2.45) is 5.10 Å². The number of carbonyl (C=O) groups is 1. The maximum absolute atomic E-state index is 12.0. The van der Waals surface area contributed by atoms with Crippen LogP contribution in [-0.2, 0) is 4.79 Å². The van der Waals surface area contributed by atoms with Crippen molar-refractivity contribution < 1.29 is 4.79 Å². The first-order chi connectivity index (χ1) is 10.2. The highest BCUT2D eigenvalue weighted by Gasteiger charge is 2.12. The smallest absolute Gasteiger partial charge is 0.262 e. The van der Waals surface area contributed by atoms with Crippen molar-refractivity contribution in [1.82, 2.24) is 5.43 Å². The number of hydrogen-bond acceptors (Lipinski definition) is 3. The molecule has 0 aliphatic heterocycles. The number of nitrogens with one attached hydrogen (secondary N) is 2. The topological polar surface area (TPSA) is 53.5 Å². The van der Waals surface area contributed by atoms with Gasteiger partial charge in [-0.15, -0.1) is 0 Å². The van der Waals surface area contributed by atoms with Crippen LogP contribution in [-0.4, -0.2) is 18.2 Å². The van der Waals surface area contributed by atoms with Gasteiger partial charge in [-0.2, -0.15) is 5.10 Å². The Morgan fingerprint density at radius 3 is 2.48 bits per heavy atom. The number of nitrogens with zero attached hydrogens (tertiary/aromatic N) is 1. The lowest BCUT2D eigenvalue weighted by atomic mass is 10.2. The minimum atomic E-state index is -0.362. The van der Waals surface area contributed by atoms with Crippen LogP contribution in [0.2, 0.25) is 0 Å². The van der Waals surface area contributed by atoms with Crippen molar-refractivity contribution in [1.29, 1.82) is 0 Å². The number of hydrogen-bond donors (Lipinski definition) is 2. The second-order valence-electron chi connectivity index (χ2n) is 4.83. The zero-order valence-corrected chi connectivity index (χ0v) is 12.2. The van der Waals surface area contributed by atoms with E-state index >= 15 is 0 Å². The molecule has 1 atom stereocenters. The Morgan fingerprint density at radius 1 is 1.10 bits per heavy atom. The zero-order valence-electron chi connectivity index (χ0n) is 12.2. The first-order valence-corrected chi connectivity index (χ1v) is 6.87. The molecule has 2 aromatic carbocycles. The highest BCUT2D eigenvalue weighted by atomic mass is 16.2. The number of amides is 1. The highest BCUT2D eigenvalue weighted by molar-refractivity contribution is 5.86. The van der Waals surface area contributed by atoms with Gasteiger partial charge in [0, 0.05) is 5.69 Å². The summed E-state index contributed by atoms with van der Waals surface area (Å²) in [6.45, 7) is 3.81. The van der Waals surface area contributed by atoms with Crippen LogP contribution in [0.3, 0.4) is 0 Å². The zero-order chi connectivity index (χ0) is 15.1. The van der Waals surface area contributed by atoms with E-state index in [9.17, 15) is 4.79 Å². The summed E-state index contributed by atoms with van der Waals surface area (Å²) in [7, 11) is 0. The van der Waals surface area contributed by atoms with Crippen LogP contribution in [0.4, 0.5) is 5.69 Å². The second-order valence-corrected chi connectivity index (χ2v) is 4.83. The molecule has 0 saturated carbocycles. The van der Waals surface area contributed by atoms with Gasteiger partial charge in [0.2, 0.25) is 0 Å². The van der Waals surface area contributed by atoms with E-state index in [1.165, 1.54) is 0 Å². The Hall–Kier alpha value is -2.62. The summed E-state index contributed by atoms with van der Waals surface area (Å²) in [6, 6.07) is 17.1. The molecule has 4 nitrogen and oxygen atoms in total. The van der Waals surface area contributed by atoms with E-state index in [1.54, 1.807) is 13.1 Å². The van der Waals surface area contributed by atoms with Crippen LogP contribution < -0.4 is 10.7 Å². The van der Waals surface area contributed by atoms with Crippen LogP contribution in [0, 0.1) is 6.92 Å². The summed E-state index contributed by atoms with van der Waals surface area (Å²) in [5, 5.41) is 7.13. The Morgan fingerprint density at radius 2 is 1.76 bits per heavy atom. The number of aryl methyl sites for hydroxylation is 1. The molecule has 2 aromatic rings. The fourth-order valence-electron chi connectivity index (χ4n) is 1.84. The predicted octanol–water partition coefficient (Wildman–Crippen LogP) is 2.95. The van der Waals surface area contributed by atoms with E-state index in [0.717, 1.165) is 16.8 Å². The number of rotatable bonds is 5. The van der Waals surface area contributed by atoms with Crippen molar-refractivity contribution in [2.75, 3.05) is 5.32 Å². The maximum Gasteiger partial charge on any atom is 0.262 e. The van der Waals surface area contributed by atoms with Gasteiger partial charge in [0.15, 0.2) is 0 Å². The van der Waals surface area contributed by atoms with Gasteiger partial charge >= 0.3 is 0 Å². The van der Waals surface area contributed by atoms with E-state index < -0.39 is 0 Å². The van der Waals surface area contributed by atoms with E-state index in [2.05, 4.69) is 15.8 Å². The average Bonchev–Trinajstić information content (AvgIpc) is 2.50. The number of benzene rings is 2. The summed E-state index contributed by atoms with van der Waals surface area (Å²) in [4.78, 5) is 12.0. The first kappa shape index (κ1) is 14.8. The highest BCUT2D eigenvalue weighted by Crippen LogP contribution is 2.14. The Bertz CT molecular complexity index is 623. The summed E-state index contributed by atoms with van der Waals surface area (Å²) < 4.78 is 0. The van der Waals surface area contributed by atoms with Crippen LogP contribution in [0.15, 0.2) is 59.7 Å². The quantitative estimate of drug-likeness (QED) is 0.654. The SMILES string of the molecule is Cc1ccccc1N[C@@H](C)C(=O)N/N=C\c1ccccc1. The molecule has 0 unspecified atom stereocenters. The third kappa shape index (κ3) is 4.45. The summed E-state index contributed by atoms with van der Waals surface area (Å²) >= 11 is 0. The van der Waals surface area contributed by atoms with E-state index in [4.69, 9.17) is 0 Å². The lowest BCUT2D eigenvalue weighted by molar-refractivity contribution is -0.121. The average molecular weight is 281 g/mol. The van der Waals surface area contributed by atoms with Gasteiger partial charge in [-0.05, 0) is 31.0 Å². The van der Waals surface area contributed by atoms with Crippen LogP contribution >= 0.6 is 0 Å². The fourth-order valence-corrected chi connectivity index (χ4v) is 1.84. The van der Waals surface area contributed by atoms with Crippen LogP contribution in [0.5, 0.6) is 0 Å². The number of para-hydroxylation sites is 1. The third-order valence-electron chi connectivity index (χ3n) is 3.10. The summed E-state index contributed by atoms with van der Waals surface area (Å²) in [5.74, 6) is -0.176. The van der Waals surface area contributed by atoms with Gasteiger partial charge in [0.05, 0.1) is 6.21 Å². The molecule has 0 heterocycles. The lowest BCUT2D eigenvalue weighted by Crippen LogP contribution is -2.35. The molecule has 2 rings (SSSR count). The molecule has 1 amide bonds. The van der Waals surface area contributed by atoms with Crippen molar-refractivity contribution in [3.8, 4) is 0 Å².